The second-order valence-electron chi connectivity index (χ2n) is 7.00. The maximum atomic E-state index is 12.6. The lowest BCUT2D eigenvalue weighted by atomic mass is 10.2. The largest absolute Gasteiger partial charge is 0.496 e. The van der Waals surface area contributed by atoms with Gasteiger partial charge in [-0.3, -0.25) is 9.59 Å². The van der Waals surface area contributed by atoms with E-state index in [0.717, 1.165) is 17.8 Å². The van der Waals surface area contributed by atoms with E-state index in [0.29, 0.717) is 33.4 Å². The number of para-hydroxylation sites is 1. The van der Waals surface area contributed by atoms with E-state index in [1.165, 1.54) is 29.0 Å². The number of benzene rings is 2. The van der Waals surface area contributed by atoms with Gasteiger partial charge in [-0.05, 0) is 30.7 Å². The van der Waals surface area contributed by atoms with Crippen molar-refractivity contribution in [1.82, 2.24) is 14.6 Å². The third-order valence-electron chi connectivity index (χ3n) is 4.63. The number of nitrogens with zero attached hydrogens (tertiary/aromatic N) is 3. The molecule has 0 saturated carbocycles. The first kappa shape index (κ1) is 21.5. The number of aryl methyl sites for hydroxylation is 1. The summed E-state index contributed by atoms with van der Waals surface area (Å²) >= 11 is 1.41. The number of carbonyl (C=O) groups excluding carboxylic acids is 1. The molecule has 8 nitrogen and oxygen atoms in total. The summed E-state index contributed by atoms with van der Waals surface area (Å²) in [4.78, 5) is 30.0. The van der Waals surface area contributed by atoms with Gasteiger partial charge in [0.15, 0.2) is 0 Å². The number of ether oxygens (including phenoxy) is 2. The van der Waals surface area contributed by atoms with Crippen LogP contribution in [0.15, 0.2) is 59.4 Å². The zero-order valence-electron chi connectivity index (χ0n) is 17.7. The van der Waals surface area contributed by atoms with Crippen molar-refractivity contribution in [3.63, 3.8) is 0 Å². The van der Waals surface area contributed by atoms with Crippen molar-refractivity contribution >= 4 is 27.9 Å². The number of hydrogen-bond donors (Lipinski definition) is 1. The molecule has 2 heterocycles. The Hall–Kier alpha value is -3.72. The smallest absolute Gasteiger partial charge is 0.275 e. The molecule has 2 aromatic heterocycles. The molecule has 0 saturated heterocycles. The molecule has 0 atom stereocenters. The predicted octanol–water partition coefficient (Wildman–Crippen LogP) is 3.94. The number of rotatable bonds is 8. The second-order valence-corrected chi connectivity index (χ2v) is 8.04. The van der Waals surface area contributed by atoms with Crippen LogP contribution in [0.4, 0.5) is 5.69 Å². The fraction of sp³-hybridized carbons (Fsp3) is 0.217. The van der Waals surface area contributed by atoms with Gasteiger partial charge in [-0.25, -0.2) is 4.98 Å². The van der Waals surface area contributed by atoms with Gasteiger partial charge in [0.25, 0.3) is 11.5 Å². The number of anilines is 1. The summed E-state index contributed by atoms with van der Waals surface area (Å²) in [5.74, 6) is 0.754. The van der Waals surface area contributed by atoms with Gasteiger partial charge in [-0.15, -0.1) is 0 Å². The first-order chi connectivity index (χ1) is 15.6. The molecule has 164 valence electrons. The lowest BCUT2D eigenvalue weighted by molar-refractivity contribution is 0.102. The molecule has 4 rings (SSSR count). The van der Waals surface area contributed by atoms with Gasteiger partial charge in [0.05, 0.1) is 18.4 Å². The summed E-state index contributed by atoms with van der Waals surface area (Å²) in [6, 6.07) is 15.5. The molecule has 0 aliphatic carbocycles. The third kappa shape index (κ3) is 4.78. The Balaban J connectivity index is 1.46. The highest BCUT2D eigenvalue weighted by atomic mass is 32.1. The molecule has 1 N–H and O–H groups in total. The van der Waals surface area contributed by atoms with E-state index in [2.05, 4.69) is 22.3 Å². The number of methoxy groups -OCH3 is 1. The number of carbonyl (C=O) groups is 1. The quantitative estimate of drug-likeness (QED) is 0.437. The highest BCUT2D eigenvalue weighted by Crippen LogP contribution is 2.22. The molecule has 0 aliphatic rings. The van der Waals surface area contributed by atoms with Crippen molar-refractivity contribution in [3.8, 4) is 11.5 Å². The number of nitrogens with one attached hydrogen (secondary N) is 1. The Kier molecular flexibility index (Phi) is 6.46. The fourth-order valence-electron chi connectivity index (χ4n) is 3.14. The molecule has 0 bridgehead atoms. The minimum absolute atomic E-state index is 0.122. The zero-order valence-corrected chi connectivity index (χ0v) is 18.5. The topological polar surface area (TPSA) is 94.8 Å². The van der Waals surface area contributed by atoms with Crippen molar-refractivity contribution in [1.29, 1.82) is 0 Å². The van der Waals surface area contributed by atoms with Crippen molar-refractivity contribution < 1.29 is 14.3 Å². The molecule has 4 aromatic rings. The number of fused-ring (bicyclic) bond motifs is 1. The first-order valence-corrected chi connectivity index (χ1v) is 10.9. The van der Waals surface area contributed by atoms with E-state index < -0.39 is 0 Å². The van der Waals surface area contributed by atoms with Gasteiger partial charge in [0, 0.05) is 24.2 Å². The van der Waals surface area contributed by atoms with Crippen molar-refractivity contribution in [2.24, 2.45) is 0 Å². The molecule has 9 heteroatoms. The molecular weight excluding hydrogens is 428 g/mol. The molecule has 0 spiro atoms. The summed E-state index contributed by atoms with van der Waals surface area (Å²) in [5.41, 5.74) is 1.30. The Morgan fingerprint density at radius 1 is 1.16 bits per heavy atom. The van der Waals surface area contributed by atoms with Crippen LogP contribution < -0.4 is 20.3 Å². The van der Waals surface area contributed by atoms with Crippen molar-refractivity contribution in [2.45, 2.75) is 26.4 Å². The Bertz CT molecular complexity index is 1310. The molecule has 0 fully saturated rings. The van der Waals surface area contributed by atoms with Crippen LogP contribution in [0, 0.1) is 0 Å². The van der Waals surface area contributed by atoms with Gasteiger partial charge >= 0.3 is 0 Å². The molecule has 32 heavy (non-hydrogen) atoms. The van der Waals surface area contributed by atoms with Crippen LogP contribution in [0.5, 0.6) is 11.5 Å². The lowest BCUT2D eigenvalue weighted by Crippen LogP contribution is -2.16. The van der Waals surface area contributed by atoms with Crippen molar-refractivity contribution in [3.05, 3.63) is 81.2 Å². The van der Waals surface area contributed by atoms with E-state index >= 15 is 0 Å². The summed E-state index contributed by atoms with van der Waals surface area (Å²) in [7, 11) is 1.52. The van der Waals surface area contributed by atoms with Gasteiger partial charge in [0.1, 0.15) is 23.1 Å². The molecule has 0 aliphatic heterocycles. The van der Waals surface area contributed by atoms with Crippen LogP contribution in [-0.2, 0) is 13.0 Å². The Morgan fingerprint density at radius 2 is 2.00 bits per heavy atom. The summed E-state index contributed by atoms with van der Waals surface area (Å²) < 4.78 is 12.4. The van der Waals surface area contributed by atoms with Crippen LogP contribution >= 0.6 is 11.3 Å². The van der Waals surface area contributed by atoms with Crippen molar-refractivity contribution in [2.75, 3.05) is 12.4 Å². The molecule has 0 radical (unpaired) electrons. The average Bonchev–Trinajstić information content (AvgIpc) is 3.21. The van der Waals surface area contributed by atoms with Crippen LogP contribution in [0.1, 0.15) is 34.4 Å². The highest BCUT2D eigenvalue weighted by Gasteiger charge is 2.12. The summed E-state index contributed by atoms with van der Waals surface area (Å²) in [5, 5.41) is 8.04. The number of aromatic nitrogens is 3. The van der Waals surface area contributed by atoms with Gasteiger partial charge in [-0.2, -0.15) is 9.61 Å². The highest BCUT2D eigenvalue weighted by molar-refractivity contribution is 7.16. The van der Waals surface area contributed by atoms with Gasteiger partial charge in [-0.1, -0.05) is 36.5 Å². The van der Waals surface area contributed by atoms with Gasteiger partial charge < -0.3 is 14.8 Å². The molecule has 0 unspecified atom stereocenters. The van der Waals surface area contributed by atoms with Crippen LogP contribution in [-0.4, -0.2) is 27.6 Å². The average molecular weight is 451 g/mol. The van der Waals surface area contributed by atoms with E-state index in [4.69, 9.17) is 9.47 Å². The second kappa shape index (κ2) is 9.61. The van der Waals surface area contributed by atoms with Crippen LogP contribution in [0.3, 0.4) is 0 Å². The first-order valence-electron chi connectivity index (χ1n) is 10.1. The Morgan fingerprint density at radius 3 is 2.81 bits per heavy atom. The minimum atomic E-state index is -0.284. The third-order valence-corrected chi connectivity index (χ3v) is 5.60. The van der Waals surface area contributed by atoms with E-state index in [1.54, 1.807) is 48.5 Å². The Labute approximate surface area is 188 Å². The minimum Gasteiger partial charge on any atom is -0.496 e. The maximum absolute atomic E-state index is 12.6. The molecule has 2 aromatic carbocycles. The standard InChI is InChI=1S/C23H22N4O4S/c1-3-7-20-26-27-21(28)13-16(25-23(27)32-20)14-31-17-9-6-8-15(12-17)24-22(29)18-10-4-5-11-19(18)30-2/h4-6,8-13H,3,7,14H2,1-2H3,(H,24,29). The maximum Gasteiger partial charge on any atom is 0.275 e. The van der Waals surface area contributed by atoms with Gasteiger partial charge in [0.2, 0.25) is 4.96 Å². The fourth-order valence-corrected chi connectivity index (χ4v) is 4.16. The van der Waals surface area contributed by atoms with Crippen LogP contribution in [0.2, 0.25) is 0 Å². The monoisotopic (exact) mass is 450 g/mol. The molecular formula is C23H22N4O4S. The predicted molar refractivity (Wildman–Crippen MR) is 123 cm³/mol. The van der Waals surface area contributed by atoms with E-state index in [-0.39, 0.29) is 18.1 Å². The lowest BCUT2D eigenvalue weighted by Gasteiger charge is -2.11. The number of amides is 1. The zero-order chi connectivity index (χ0) is 22.5. The van der Waals surface area contributed by atoms with Crippen LogP contribution in [0.25, 0.3) is 4.96 Å². The van der Waals surface area contributed by atoms with E-state index in [1.807, 2.05) is 0 Å². The molecule has 1 amide bonds. The van der Waals surface area contributed by atoms with E-state index in [9.17, 15) is 9.59 Å². The SMILES string of the molecule is CCCc1nn2c(=O)cc(COc3cccc(NC(=O)c4ccccc4OC)c3)nc2s1. The summed E-state index contributed by atoms with van der Waals surface area (Å²) in [6.07, 6.45) is 1.77. The normalized spacial score (nSPS) is 10.8. The summed E-state index contributed by atoms with van der Waals surface area (Å²) in [6.45, 7) is 2.19. The number of hydrogen-bond acceptors (Lipinski definition) is 7.